The van der Waals surface area contributed by atoms with E-state index in [1.54, 1.807) is 11.8 Å². The van der Waals surface area contributed by atoms with E-state index in [2.05, 4.69) is 68.7 Å². The summed E-state index contributed by atoms with van der Waals surface area (Å²) in [5.41, 5.74) is 3.43. The van der Waals surface area contributed by atoms with Crippen molar-refractivity contribution in [2.24, 2.45) is 0 Å². The second-order valence-corrected chi connectivity index (χ2v) is 7.45. The van der Waals surface area contributed by atoms with Crippen molar-refractivity contribution in [3.63, 3.8) is 0 Å². The molecule has 0 aliphatic heterocycles. The molecule has 0 bridgehead atoms. The average Bonchev–Trinajstić information content (AvgIpc) is 2.98. The number of halogens is 1. The van der Waals surface area contributed by atoms with Crippen LogP contribution in [0.4, 0.5) is 0 Å². The first-order valence-corrected chi connectivity index (χ1v) is 9.73. The zero-order valence-corrected chi connectivity index (χ0v) is 15.8. The van der Waals surface area contributed by atoms with Gasteiger partial charge in [-0.25, -0.2) is 0 Å². The zero-order valence-electron chi connectivity index (χ0n) is 13.4. The quantitative estimate of drug-likeness (QED) is 0.438. The van der Waals surface area contributed by atoms with E-state index in [9.17, 15) is 4.79 Å². The molecule has 2 N–H and O–H groups in total. The fourth-order valence-electron chi connectivity index (χ4n) is 2.55. The maximum absolute atomic E-state index is 11.4. The van der Waals surface area contributed by atoms with Crippen molar-refractivity contribution in [1.82, 2.24) is 10.3 Å². The molecule has 3 aromatic rings. The van der Waals surface area contributed by atoms with Crippen LogP contribution in [0.15, 0.2) is 57.9 Å². The molecule has 3 rings (SSSR count). The highest BCUT2D eigenvalue weighted by atomic mass is 79.9. The number of aromatic amines is 1. The van der Waals surface area contributed by atoms with Crippen LogP contribution in [0.3, 0.4) is 0 Å². The van der Waals surface area contributed by atoms with Crippen molar-refractivity contribution in [1.29, 1.82) is 0 Å². The number of aromatic nitrogens is 1. The van der Waals surface area contributed by atoms with E-state index in [1.165, 1.54) is 10.3 Å². The molecule has 0 fully saturated rings. The number of hydrogen-bond acceptors (Lipinski definition) is 2. The summed E-state index contributed by atoms with van der Waals surface area (Å²) < 4.78 is 1.07. The summed E-state index contributed by atoms with van der Waals surface area (Å²) in [6.07, 6.45) is 0.530. The first-order valence-electron chi connectivity index (χ1n) is 7.95. The van der Waals surface area contributed by atoms with E-state index in [0.29, 0.717) is 13.0 Å². The minimum Gasteiger partial charge on any atom is -0.355 e. The normalized spacial score (nSPS) is 10.9. The van der Waals surface area contributed by atoms with Crippen molar-refractivity contribution in [2.75, 3.05) is 12.3 Å². The molecule has 5 heteroatoms. The summed E-state index contributed by atoms with van der Waals surface area (Å²) in [5, 5.41) is 4.16. The Morgan fingerprint density at radius 1 is 1.17 bits per heavy atom. The molecule has 24 heavy (non-hydrogen) atoms. The molecule has 1 amide bonds. The minimum absolute atomic E-state index is 0.0997. The molecule has 0 saturated heterocycles. The van der Waals surface area contributed by atoms with E-state index in [1.807, 2.05) is 13.0 Å². The Morgan fingerprint density at radius 2 is 1.92 bits per heavy atom. The Bertz CT molecular complexity index is 842. The molecule has 0 aliphatic rings. The summed E-state index contributed by atoms with van der Waals surface area (Å²) in [6, 6.07) is 16.7. The number of rotatable bonds is 6. The van der Waals surface area contributed by atoms with Crippen LogP contribution in [0.25, 0.3) is 22.2 Å². The summed E-state index contributed by atoms with van der Waals surface area (Å²) in [5.74, 6) is 0.944. The third kappa shape index (κ3) is 3.84. The fourth-order valence-corrected chi connectivity index (χ4v) is 3.87. The lowest BCUT2D eigenvalue weighted by Crippen LogP contribution is -2.24. The van der Waals surface area contributed by atoms with E-state index in [4.69, 9.17) is 0 Å². The number of thioether (sulfide) groups is 1. The van der Waals surface area contributed by atoms with Crippen molar-refractivity contribution in [3.8, 4) is 11.3 Å². The third-order valence-corrected chi connectivity index (χ3v) is 5.43. The Morgan fingerprint density at radius 3 is 2.67 bits per heavy atom. The van der Waals surface area contributed by atoms with E-state index >= 15 is 0 Å². The molecular weight excluding hydrogens is 384 g/mol. The molecule has 0 saturated carbocycles. The number of H-pyrrole nitrogens is 1. The van der Waals surface area contributed by atoms with Gasteiger partial charge in [0.05, 0.1) is 5.69 Å². The Kier molecular flexibility index (Phi) is 5.63. The van der Waals surface area contributed by atoms with Gasteiger partial charge < -0.3 is 10.3 Å². The number of carbonyl (C=O) groups excluding carboxylic acids is 1. The van der Waals surface area contributed by atoms with Crippen molar-refractivity contribution < 1.29 is 4.79 Å². The first-order chi connectivity index (χ1) is 11.7. The van der Waals surface area contributed by atoms with Crippen LogP contribution in [0.2, 0.25) is 0 Å². The molecule has 0 atom stereocenters. The largest absolute Gasteiger partial charge is 0.355 e. The topological polar surface area (TPSA) is 44.9 Å². The molecular formula is C19H19BrN2OS. The van der Waals surface area contributed by atoms with Gasteiger partial charge in [0, 0.05) is 39.0 Å². The van der Waals surface area contributed by atoms with Crippen molar-refractivity contribution in [3.05, 3.63) is 53.0 Å². The van der Waals surface area contributed by atoms with Crippen molar-refractivity contribution >= 4 is 44.5 Å². The maximum Gasteiger partial charge on any atom is 0.219 e. The monoisotopic (exact) mass is 402 g/mol. The van der Waals surface area contributed by atoms with E-state index < -0.39 is 0 Å². The fraction of sp³-hybridized carbons (Fsp3) is 0.211. The number of fused-ring (bicyclic) bond motifs is 1. The Labute approximate surface area is 154 Å². The number of para-hydroxylation sites is 1. The number of carbonyl (C=O) groups is 1. The predicted octanol–water partition coefficient (Wildman–Crippen LogP) is 5.22. The van der Waals surface area contributed by atoms with Crippen LogP contribution in [0.1, 0.15) is 13.3 Å². The minimum atomic E-state index is 0.0997. The molecule has 0 radical (unpaired) electrons. The molecule has 124 valence electrons. The molecule has 0 unspecified atom stereocenters. The molecule has 0 aliphatic carbocycles. The van der Waals surface area contributed by atoms with Crippen LogP contribution in [0, 0.1) is 0 Å². The number of benzene rings is 2. The van der Waals surface area contributed by atoms with Gasteiger partial charge in [0.1, 0.15) is 0 Å². The lowest BCUT2D eigenvalue weighted by atomic mass is 10.1. The van der Waals surface area contributed by atoms with Gasteiger partial charge in [-0.1, -0.05) is 53.2 Å². The van der Waals surface area contributed by atoms with Crippen LogP contribution in [-0.4, -0.2) is 23.2 Å². The second kappa shape index (κ2) is 7.90. The lowest BCUT2D eigenvalue weighted by Gasteiger charge is -2.06. The highest BCUT2D eigenvalue weighted by Crippen LogP contribution is 2.37. The van der Waals surface area contributed by atoms with Gasteiger partial charge in [0.2, 0.25) is 5.91 Å². The number of hydrogen-bond donors (Lipinski definition) is 2. The molecule has 0 spiro atoms. The Balaban J connectivity index is 1.88. The molecule has 1 heterocycles. The van der Waals surface area contributed by atoms with Crippen LogP contribution in [0.5, 0.6) is 0 Å². The van der Waals surface area contributed by atoms with Gasteiger partial charge in [-0.3, -0.25) is 4.79 Å². The molecule has 3 nitrogen and oxygen atoms in total. The van der Waals surface area contributed by atoms with Gasteiger partial charge in [-0.2, -0.15) is 0 Å². The van der Waals surface area contributed by atoms with Gasteiger partial charge in [0.25, 0.3) is 0 Å². The predicted molar refractivity (Wildman–Crippen MR) is 105 cm³/mol. The van der Waals surface area contributed by atoms with Gasteiger partial charge in [-0.15, -0.1) is 11.8 Å². The smallest absolute Gasteiger partial charge is 0.219 e. The first kappa shape index (κ1) is 17.1. The zero-order chi connectivity index (χ0) is 16.9. The third-order valence-electron chi connectivity index (χ3n) is 3.78. The second-order valence-electron chi connectivity index (χ2n) is 5.43. The van der Waals surface area contributed by atoms with Crippen LogP contribution < -0.4 is 5.32 Å². The molecule has 1 aromatic heterocycles. The highest BCUT2D eigenvalue weighted by Gasteiger charge is 2.13. The van der Waals surface area contributed by atoms with Crippen LogP contribution in [-0.2, 0) is 4.79 Å². The summed E-state index contributed by atoms with van der Waals surface area (Å²) in [4.78, 5) is 16.1. The number of nitrogens with one attached hydrogen (secondary N) is 2. The maximum atomic E-state index is 11.4. The van der Waals surface area contributed by atoms with Gasteiger partial charge in [-0.05, 0) is 23.8 Å². The number of amides is 1. The highest BCUT2D eigenvalue weighted by molar-refractivity contribution is 9.10. The lowest BCUT2D eigenvalue weighted by molar-refractivity contribution is -0.120. The summed E-state index contributed by atoms with van der Waals surface area (Å²) in [7, 11) is 0. The van der Waals surface area contributed by atoms with E-state index in [-0.39, 0.29) is 5.91 Å². The van der Waals surface area contributed by atoms with Gasteiger partial charge >= 0.3 is 0 Å². The average molecular weight is 403 g/mol. The summed E-state index contributed by atoms with van der Waals surface area (Å²) >= 11 is 5.26. The summed E-state index contributed by atoms with van der Waals surface area (Å²) in [6.45, 7) is 2.55. The van der Waals surface area contributed by atoms with Crippen molar-refractivity contribution in [2.45, 2.75) is 18.2 Å². The van der Waals surface area contributed by atoms with Crippen LogP contribution >= 0.6 is 27.7 Å². The standard InChI is InChI=1S/C19H19BrN2OS/c1-2-17(23)21-11-12-24-19-15-5-3-4-6-16(15)22-18(19)13-7-9-14(20)10-8-13/h3-10,22H,2,11-12H2,1H3,(H,21,23). The Hall–Kier alpha value is -1.72. The van der Waals surface area contributed by atoms with Gasteiger partial charge in [0.15, 0.2) is 0 Å². The SMILES string of the molecule is CCC(=O)NCCSc1c(-c2ccc(Br)cc2)[nH]c2ccccc12. The van der Waals surface area contributed by atoms with E-state index in [0.717, 1.165) is 27.0 Å². The molecule has 2 aromatic carbocycles.